The molecule has 34 heavy (non-hydrogen) atoms. The summed E-state index contributed by atoms with van der Waals surface area (Å²) in [6.07, 6.45) is 0. The molecule has 2 amide bonds. The second kappa shape index (κ2) is 11.0. The van der Waals surface area contributed by atoms with Crippen molar-refractivity contribution in [2.24, 2.45) is 0 Å². The Bertz CT molecular complexity index is 1340. The fourth-order valence-corrected chi connectivity index (χ4v) is 5.11. The number of nitrogens with one attached hydrogen (secondary N) is 2. The molecule has 2 N–H and O–H groups in total. The molecule has 0 aliphatic rings. The first-order valence-corrected chi connectivity index (χ1v) is 12.2. The van der Waals surface area contributed by atoms with Gasteiger partial charge in [0.25, 0.3) is 11.8 Å². The summed E-state index contributed by atoms with van der Waals surface area (Å²) in [4.78, 5) is 41.6. The number of fused-ring (bicyclic) bond motifs is 1. The third-order valence-corrected chi connectivity index (χ3v) is 7.01. The van der Waals surface area contributed by atoms with Crippen LogP contribution in [0.1, 0.15) is 26.3 Å². The minimum Gasteiger partial charge on any atom is -0.468 e. The number of anilines is 1. The summed E-state index contributed by atoms with van der Waals surface area (Å²) < 4.78 is 6.27. The third kappa shape index (κ3) is 5.81. The molecule has 172 valence electrons. The van der Waals surface area contributed by atoms with Crippen molar-refractivity contribution >= 4 is 56.8 Å². The number of carbonyl (C=O) groups excluding carboxylic acids is 3. The van der Waals surface area contributed by atoms with Crippen LogP contribution in [0.2, 0.25) is 0 Å². The fraction of sp³-hybridized carbons (Fsp3) is 0.120. The van der Waals surface area contributed by atoms with Gasteiger partial charge in [-0.05, 0) is 35.9 Å². The van der Waals surface area contributed by atoms with Gasteiger partial charge in [-0.1, -0.05) is 54.2 Å². The van der Waals surface area contributed by atoms with Crippen LogP contribution >= 0.6 is 23.1 Å². The Morgan fingerprint density at radius 3 is 2.38 bits per heavy atom. The number of thioether (sulfide) groups is 1. The third-order valence-electron chi connectivity index (χ3n) is 4.88. The van der Waals surface area contributed by atoms with E-state index in [-0.39, 0.29) is 29.1 Å². The molecule has 0 fully saturated rings. The molecular formula is C25H21N3O4S2. The first-order valence-electron chi connectivity index (χ1n) is 10.4. The first kappa shape index (κ1) is 23.5. The van der Waals surface area contributed by atoms with E-state index in [2.05, 4.69) is 20.4 Å². The number of aromatic nitrogens is 1. The minimum absolute atomic E-state index is 0.184. The summed E-state index contributed by atoms with van der Waals surface area (Å²) in [5.41, 5.74) is 2.92. The maximum Gasteiger partial charge on any atom is 0.316 e. The van der Waals surface area contributed by atoms with Gasteiger partial charge in [0, 0.05) is 12.2 Å². The number of thiazole rings is 1. The van der Waals surface area contributed by atoms with Crippen LogP contribution in [0.15, 0.2) is 77.1 Å². The molecule has 0 atom stereocenters. The highest BCUT2D eigenvalue weighted by Gasteiger charge is 2.17. The fourth-order valence-electron chi connectivity index (χ4n) is 3.17. The minimum atomic E-state index is -0.380. The Balaban J connectivity index is 1.46. The normalized spacial score (nSPS) is 10.6. The van der Waals surface area contributed by atoms with Crippen LogP contribution in [0, 0.1) is 0 Å². The molecule has 3 aromatic carbocycles. The quantitative estimate of drug-likeness (QED) is 0.273. The van der Waals surface area contributed by atoms with E-state index in [9.17, 15) is 14.4 Å². The summed E-state index contributed by atoms with van der Waals surface area (Å²) in [6.45, 7) is 0.369. The maximum atomic E-state index is 13.0. The molecule has 7 nitrogen and oxygen atoms in total. The van der Waals surface area contributed by atoms with Crippen molar-refractivity contribution in [1.29, 1.82) is 0 Å². The molecule has 0 aliphatic carbocycles. The van der Waals surface area contributed by atoms with Gasteiger partial charge in [0.2, 0.25) is 0 Å². The van der Waals surface area contributed by atoms with Gasteiger partial charge >= 0.3 is 5.97 Å². The van der Waals surface area contributed by atoms with E-state index in [0.29, 0.717) is 17.8 Å². The van der Waals surface area contributed by atoms with E-state index in [1.165, 1.54) is 30.2 Å². The Morgan fingerprint density at radius 1 is 0.941 bits per heavy atom. The van der Waals surface area contributed by atoms with E-state index in [0.717, 1.165) is 20.1 Å². The van der Waals surface area contributed by atoms with Crippen LogP contribution in [0.25, 0.3) is 10.2 Å². The zero-order valence-electron chi connectivity index (χ0n) is 18.2. The molecular weight excluding hydrogens is 470 g/mol. The monoisotopic (exact) mass is 491 g/mol. The van der Waals surface area contributed by atoms with E-state index in [1.807, 2.05) is 42.5 Å². The number of methoxy groups -OCH3 is 1. The van der Waals surface area contributed by atoms with Crippen molar-refractivity contribution in [3.63, 3.8) is 0 Å². The summed E-state index contributed by atoms with van der Waals surface area (Å²) in [7, 11) is 1.35. The second-order valence-electron chi connectivity index (χ2n) is 7.20. The van der Waals surface area contributed by atoms with Gasteiger partial charge in [0.05, 0.1) is 34.2 Å². The highest BCUT2D eigenvalue weighted by Crippen LogP contribution is 2.31. The molecule has 0 aliphatic heterocycles. The predicted octanol–water partition coefficient (Wildman–Crippen LogP) is 4.74. The second-order valence-corrected chi connectivity index (χ2v) is 9.45. The van der Waals surface area contributed by atoms with Gasteiger partial charge in [-0.25, -0.2) is 4.98 Å². The lowest BCUT2D eigenvalue weighted by Gasteiger charge is -2.11. The zero-order chi connectivity index (χ0) is 23.9. The number of nitrogens with zero attached hydrogens (tertiary/aromatic N) is 1. The number of amides is 2. The average Bonchev–Trinajstić information content (AvgIpc) is 3.28. The van der Waals surface area contributed by atoms with Gasteiger partial charge in [-0.15, -0.1) is 11.3 Å². The largest absolute Gasteiger partial charge is 0.468 e. The molecule has 4 aromatic rings. The van der Waals surface area contributed by atoms with Gasteiger partial charge in [-0.3, -0.25) is 14.4 Å². The summed E-state index contributed by atoms with van der Waals surface area (Å²) in [5, 5.41) is 5.73. The first-order chi connectivity index (χ1) is 16.5. The lowest BCUT2D eigenvalue weighted by molar-refractivity contribution is -0.137. The van der Waals surface area contributed by atoms with Gasteiger partial charge in [0.1, 0.15) is 0 Å². The lowest BCUT2D eigenvalue weighted by atomic mass is 10.1. The van der Waals surface area contributed by atoms with Crippen LogP contribution in [0.5, 0.6) is 0 Å². The van der Waals surface area contributed by atoms with Crippen LogP contribution in [0.3, 0.4) is 0 Å². The number of carbonyl (C=O) groups is 3. The molecule has 0 bridgehead atoms. The zero-order valence-corrected chi connectivity index (χ0v) is 19.9. The van der Waals surface area contributed by atoms with Crippen LogP contribution < -0.4 is 10.6 Å². The predicted molar refractivity (Wildman–Crippen MR) is 134 cm³/mol. The van der Waals surface area contributed by atoms with E-state index >= 15 is 0 Å². The number of hydrogen-bond acceptors (Lipinski definition) is 7. The summed E-state index contributed by atoms with van der Waals surface area (Å²) in [5.74, 6) is -0.832. The molecule has 0 saturated carbocycles. The highest BCUT2D eigenvalue weighted by molar-refractivity contribution is 8.01. The van der Waals surface area contributed by atoms with Crippen molar-refractivity contribution in [2.45, 2.75) is 10.9 Å². The molecule has 9 heteroatoms. The Kier molecular flexibility index (Phi) is 7.56. The van der Waals surface area contributed by atoms with Crippen LogP contribution in [0.4, 0.5) is 5.69 Å². The SMILES string of the molecule is COC(=O)CSc1nc2ccc(NC(=O)c3ccccc3C(=O)NCc3ccccc3)cc2s1. The molecule has 1 aromatic heterocycles. The van der Waals surface area contributed by atoms with Crippen LogP contribution in [-0.4, -0.2) is 35.6 Å². The van der Waals surface area contributed by atoms with E-state index in [4.69, 9.17) is 0 Å². The smallest absolute Gasteiger partial charge is 0.316 e. The lowest BCUT2D eigenvalue weighted by Crippen LogP contribution is -2.26. The Labute approximate surface area is 204 Å². The highest BCUT2D eigenvalue weighted by atomic mass is 32.2. The number of rotatable bonds is 8. The van der Waals surface area contributed by atoms with E-state index in [1.54, 1.807) is 30.3 Å². The molecule has 0 radical (unpaired) electrons. The number of hydrogen-bond donors (Lipinski definition) is 2. The molecule has 0 unspecified atom stereocenters. The van der Waals surface area contributed by atoms with Crippen molar-refractivity contribution in [2.75, 3.05) is 18.2 Å². The Hall–Kier alpha value is -3.69. The van der Waals surface area contributed by atoms with Crippen LogP contribution in [-0.2, 0) is 16.1 Å². The topological polar surface area (TPSA) is 97.4 Å². The van der Waals surface area contributed by atoms with E-state index < -0.39 is 0 Å². The molecule has 0 spiro atoms. The van der Waals surface area contributed by atoms with Crippen molar-refractivity contribution in [3.05, 3.63) is 89.5 Å². The van der Waals surface area contributed by atoms with Gasteiger partial charge in [-0.2, -0.15) is 0 Å². The van der Waals surface area contributed by atoms with Crippen molar-refractivity contribution in [1.82, 2.24) is 10.3 Å². The molecule has 1 heterocycles. The van der Waals surface area contributed by atoms with Crippen molar-refractivity contribution in [3.8, 4) is 0 Å². The number of ether oxygens (including phenoxy) is 1. The standard InChI is InChI=1S/C25H21N3O4S2/c1-32-22(29)15-33-25-28-20-12-11-17(13-21(20)34-25)27-24(31)19-10-6-5-9-18(19)23(30)26-14-16-7-3-2-4-8-16/h2-13H,14-15H2,1H3,(H,26,30)(H,27,31). The maximum absolute atomic E-state index is 13.0. The molecule has 4 rings (SSSR count). The Morgan fingerprint density at radius 2 is 1.65 bits per heavy atom. The van der Waals surface area contributed by atoms with Gasteiger partial charge < -0.3 is 15.4 Å². The molecule has 0 saturated heterocycles. The average molecular weight is 492 g/mol. The van der Waals surface area contributed by atoms with Gasteiger partial charge in [0.15, 0.2) is 4.34 Å². The summed E-state index contributed by atoms with van der Waals surface area (Å²) >= 11 is 2.73. The summed E-state index contributed by atoms with van der Waals surface area (Å²) in [6, 6.07) is 21.7. The van der Waals surface area contributed by atoms with Crippen molar-refractivity contribution < 1.29 is 19.1 Å². The number of esters is 1. The number of benzene rings is 3.